The maximum absolute atomic E-state index is 11.4. The summed E-state index contributed by atoms with van der Waals surface area (Å²) in [5, 5.41) is 4.73. The molecular formula is C11H16OS2. The summed E-state index contributed by atoms with van der Waals surface area (Å²) in [5.41, 5.74) is 1.29. The highest BCUT2D eigenvalue weighted by molar-refractivity contribution is 8.00. The van der Waals surface area contributed by atoms with Crippen LogP contribution in [-0.2, 0) is 11.2 Å². The largest absolute Gasteiger partial charge is 0.299 e. The van der Waals surface area contributed by atoms with Gasteiger partial charge in [-0.25, -0.2) is 0 Å². The third kappa shape index (κ3) is 4.82. The van der Waals surface area contributed by atoms with Gasteiger partial charge < -0.3 is 0 Å². The normalized spacial score (nSPS) is 10.8. The monoisotopic (exact) mass is 228 g/mol. The van der Waals surface area contributed by atoms with Crippen LogP contribution in [0.3, 0.4) is 0 Å². The van der Waals surface area contributed by atoms with Crippen molar-refractivity contribution in [1.82, 2.24) is 0 Å². The fraction of sp³-hybridized carbons (Fsp3) is 0.545. The smallest absolute Gasteiger partial charge is 0.143 e. The Morgan fingerprint density at radius 3 is 2.93 bits per heavy atom. The molecule has 0 saturated heterocycles. The van der Waals surface area contributed by atoms with Gasteiger partial charge in [-0.3, -0.25) is 4.79 Å². The number of ketones is 1. The third-order valence-electron chi connectivity index (χ3n) is 1.85. The van der Waals surface area contributed by atoms with Gasteiger partial charge in [0.25, 0.3) is 0 Å². The van der Waals surface area contributed by atoms with Gasteiger partial charge in [-0.1, -0.05) is 13.8 Å². The van der Waals surface area contributed by atoms with E-state index < -0.39 is 0 Å². The number of carbonyl (C=O) groups is 1. The molecule has 0 unspecified atom stereocenters. The number of carbonyl (C=O) groups excluding carboxylic acids is 1. The quantitative estimate of drug-likeness (QED) is 0.742. The number of rotatable bonds is 6. The number of aryl methyl sites for hydroxylation is 1. The molecule has 0 saturated carbocycles. The van der Waals surface area contributed by atoms with E-state index in [-0.39, 0.29) is 0 Å². The van der Waals surface area contributed by atoms with Gasteiger partial charge in [0.2, 0.25) is 0 Å². The van der Waals surface area contributed by atoms with Crippen molar-refractivity contribution >= 4 is 28.9 Å². The molecule has 0 fully saturated rings. The van der Waals surface area contributed by atoms with Crippen LogP contribution in [0.2, 0.25) is 0 Å². The molecule has 1 aromatic rings. The van der Waals surface area contributed by atoms with E-state index in [0.29, 0.717) is 23.2 Å². The van der Waals surface area contributed by atoms with Crippen molar-refractivity contribution < 1.29 is 4.79 Å². The lowest BCUT2D eigenvalue weighted by atomic mass is 10.1. The first kappa shape index (κ1) is 11.8. The van der Waals surface area contributed by atoms with Crippen LogP contribution in [0.4, 0.5) is 0 Å². The fourth-order valence-electron chi connectivity index (χ4n) is 1.05. The highest BCUT2D eigenvalue weighted by atomic mass is 32.2. The molecular weight excluding hydrogens is 212 g/mol. The second-order valence-electron chi connectivity index (χ2n) is 3.53. The summed E-state index contributed by atoms with van der Waals surface area (Å²) in [5.74, 6) is 1.04. The van der Waals surface area contributed by atoms with Crippen LogP contribution in [0.15, 0.2) is 16.8 Å². The molecule has 1 heterocycles. The molecule has 1 rings (SSSR count). The number of hydrogen-bond donors (Lipinski definition) is 0. The van der Waals surface area contributed by atoms with Gasteiger partial charge in [0.1, 0.15) is 5.78 Å². The standard InChI is InChI=1S/C11H16OS2/c1-9(2)14-8-11(12)4-3-10-5-6-13-7-10/h5-7,9H,3-4,8H2,1-2H3. The van der Waals surface area contributed by atoms with Crippen molar-refractivity contribution in [2.24, 2.45) is 0 Å². The summed E-state index contributed by atoms with van der Waals surface area (Å²) in [6, 6.07) is 2.09. The molecule has 0 atom stereocenters. The molecule has 0 aliphatic carbocycles. The van der Waals surface area contributed by atoms with Crippen molar-refractivity contribution in [3.63, 3.8) is 0 Å². The van der Waals surface area contributed by atoms with E-state index in [1.807, 2.05) is 0 Å². The Morgan fingerprint density at radius 1 is 1.57 bits per heavy atom. The molecule has 0 N–H and O–H groups in total. The van der Waals surface area contributed by atoms with Gasteiger partial charge in [-0.05, 0) is 34.1 Å². The highest BCUT2D eigenvalue weighted by Gasteiger charge is 2.04. The summed E-state index contributed by atoms with van der Waals surface area (Å²) >= 11 is 3.42. The van der Waals surface area contributed by atoms with Crippen LogP contribution in [0.25, 0.3) is 0 Å². The van der Waals surface area contributed by atoms with Gasteiger partial charge in [-0.2, -0.15) is 23.1 Å². The Bertz CT molecular complexity index is 265. The molecule has 0 aliphatic heterocycles. The van der Waals surface area contributed by atoms with Crippen molar-refractivity contribution in [3.05, 3.63) is 22.4 Å². The summed E-state index contributed by atoms with van der Waals surface area (Å²) < 4.78 is 0. The number of hydrogen-bond acceptors (Lipinski definition) is 3. The van der Waals surface area contributed by atoms with Gasteiger partial charge in [0.15, 0.2) is 0 Å². The van der Waals surface area contributed by atoms with Gasteiger partial charge >= 0.3 is 0 Å². The molecule has 1 aromatic heterocycles. The third-order valence-corrected chi connectivity index (χ3v) is 3.74. The van der Waals surface area contributed by atoms with Crippen molar-refractivity contribution in [1.29, 1.82) is 0 Å². The summed E-state index contributed by atoms with van der Waals surface area (Å²) in [6.45, 7) is 4.24. The minimum Gasteiger partial charge on any atom is -0.299 e. The molecule has 0 radical (unpaired) electrons. The Morgan fingerprint density at radius 2 is 2.36 bits per heavy atom. The minimum atomic E-state index is 0.370. The summed E-state index contributed by atoms with van der Waals surface area (Å²) in [4.78, 5) is 11.4. The number of Topliss-reactive ketones (excluding diaryl/α,β-unsaturated/α-hetero) is 1. The summed E-state index contributed by atoms with van der Waals surface area (Å²) in [7, 11) is 0. The predicted molar refractivity (Wildman–Crippen MR) is 65.2 cm³/mol. The maximum atomic E-state index is 11.4. The first-order chi connectivity index (χ1) is 6.68. The molecule has 78 valence electrons. The van der Waals surface area contributed by atoms with Gasteiger partial charge in [-0.15, -0.1) is 0 Å². The molecule has 0 aliphatic rings. The van der Waals surface area contributed by atoms with Crippen LogP contribution in [-0.4, -0.2) is 16.8 Å². The molecule has 14 heavy (non-hydrogen) atoms. The lowest BCUT2D eigenvalue weighted by Crippen LogP contribution is -2.05. The SMILES string of the molecule is CC(C)SCC(=O)CCc1ccsc1. The Balaban J connectivity index is 2.15. The second-order valence-corrected chi connectivity index (χ2v) is 5.87. The zero-order valence-corrected chi connectivity index (χ0v) is 10.3. The van der Waals surface area contributed by atoms with Crippen LogP contribution < -0.4 is 0 Å². The van der Waals surface area contributed by atoms with Crippen molar-refractivity contribution in [3.8, 4) is 0 Å². The summed E-state index contributed by atoms with van der Waals surface area (Å²) in [6.07, 6.45) is 1.59. The second kappa shape index (κ2) is 6.25. The van der Waals surface area contributed by atoms with E-state index in [9.17, 15) is 4.79 Å². The van der Waals surface area contributed by atoms with E-state index in [4.69, 9.17) is 0 Å². The average molecular weight is 228 g/mol. The van der Waals surface area contributed by atoms with Crippen LogP contribution in [0.1, 0.15) is 25.8 Å². The Kier molecular flexibility index (Phi) is 5.26. The maximum Gasteiger partial charge on any atom is 0.143 e. The lowest BCUT2D eigenvalue weighted by molar-refractivity contribution is -0.116. The molecule has 0 aromatic carbocycles. The zero-order valence-electron chi connectivity index (χ0n) is 8.66. The van der Waals surface area contributed by atoms with Crippen LogP contribution >= 0.6 is 23.1 Å². The zero-order chi connectivity index (χ0) is 10.4. The molecule has 1 nitrogen and oxygen atoms in total. The molecule has 0 amide bonds. The topological polar surface area (TPSA) is 17.1 Å². The highest BCUT2D eigenvalue weighted by Crippen LogP contribution is 2.12. The van der Waals surface area contributed by atoms with Crippen molar-refractivity contribution in [2.75, 3.05) is 5.75 Å². The Labute approximate surface area is 93.9 Å². The van der Waals surface area contributed by atoms with E-state index in [1.165, 1.54) is 5.56 Å². The number of thiophene rings is 1. The van der Waals surface area contributed by atoms with E-state index in [0.717, 1.165) is 6.42 Å². The fourth-order valence-corrected chi connectivity index (χ4v) is 2.42. The van der Waals surface area contributed by atoms with E-state index in [2.05, 4.69) is 30.7 Å². The molecule has 0 spiro atoms. The van der Waals surface area contributed by atoms with Crippen LogP contribution in [0.5, 0.6) is 0 Å². The van der Waals surface area contributed by atoms with E-state index >= 15 is 0 Å². The van der Waals surface area contributed by atoms with Crippen LogP contribution in [0, 0.1) is 0 Å². The average Bonchev–Trinajstić information content (AvgIpc) is 2.63. The molecule has 0 bridgehead atoms. The first-order valence-electron chi connectivity index (χ1n) is 4.83. The number of thioether (sulfide) groups is 1. The van der Waals surface area contributed by atoms with Gasteiger partial charge in [0.05, 0.1) is 5.75 Å². The predicted octanol–water partition coefficient (Wildman–Crippen LogP) is 3.39. The molecule has 3 heteroatoms. The first-order valence-corrected chi connectivity index (χ1v) is 6.82. The van der Waals surface area contributed by atoms with Gasteiger partial charge in [0, 0.05) is 6.42 Å². The minimum absolute atomic E-state index is 0.370. The van der Waals surface area contributed by atoms with Crippen molar-refractivity contribution in [2.45, 2.75) is 31.9 Å². The lowest BCUT2D eigenvalue weighted by Gasteiger charge is -2.03. The Hall–Kier alpha value is -0.280. The van der Waals surface area contributed by atoms with E-state index in [1.54, 1.807) is 23.1 Å².